The largest absolute Gasteiger partial charge is 0.355 e. The first-order chi connectivity index (χ1) is 14.1. The molecule has 29 heavy (non-hydrogen) atoms. The number of carbonyl (C=O) groups is 1. The third kappa shape index (κ3) is 4.70. The minimum Gasteiger partial charge on any atom is -0.355 e. The second-order valence-corrected chi connectivity index (χ2v) is 8.55. The van der Waals surface area contributed by atoms with Crippen LogP contribution in [0, 0.1) is 5.82 Å². The number of amides is 1. The minimum absolute atomic E-state index is 0.0277. The van der Waals surface area contributed by atoms with Crippen molar-refractivity contribution in [3.8, 4) is 10.6 Å². The zero-order valence-electron chi connectivity index (χ0n) is 16.2. The highest BCUT2D eigenvalue weighted by atomic mass is 32.1. The van der Waals surface area contributed by atoms with Crippen LogP contribution < -0.4 is 5.32 Å². The van der Waals surface area contributed by atoms with E-state index in [1.807, 2.05) is 29.6 Å². The van der Waals surface area contributed by atoms with Gasteiger partial charge in [-0.2, -0.15) is 0 Å². The average Bonchev–Trinajstić information content (AvgIpc) is 3.22. The summed E-state index contributed by atoms with van der Waals surface area (Å²) in [5.74, 6) is -0.253. The van der Waals surface area contributed by atoms with Crippen molar-refractivity contribution in [2.45, 2.75) is 43.9 Å². The van der Waals surface area contributed by atoms with Gasteiger partial charge in [0.05, 0.1) is 12.1 Å². The van der Waals surface area contributed by atoms with E-state index >= 15 is 0 Å². The van der Waals surface area contributed by atoms with Crippen LogP contribution in [-0.2, 0) is 16.6 Å². The fourth-order valence-electron chi connectivity index (χ4n) is 4.10. The second kappa shape index (κ2) is 8.82. The lowest BCUT2D eigenvalue weighted by atomic mass is 9.69. The molecule has 0 radical (unpaired) electrons. The van der Waals surface area contributed by atoms with Gasteiger partial charge in [0.2, 0.25) is 5.91 Å². The van der Waals surface area contributed by atoms with Crippen LogP contribution >= 0.6 is 11.3 Å². The molecule has 0 atom stereocenters. The molecule has 2 heterocycles. The van der Waals surface area contributed by atoms with Crippen molar-refractivity contribution in [3.63, 3.8) is 0 Å². The lowest BCUT2D eigenvalue weighted by Crippen LogP contribution is -2.42. The maximum atomic E-state index is 13.4. The number of aromatic nitrogens is 2. The molecule has 1 N–H and O–H groups in total. The van der Waals surface area contributed by atoms with Crippen LogP contribution in [0.2, 0.25) is 0 Å². The third-order valence-electron chi connectivity index (χ3n) is 5.69. The third-order valence-corrected chi connectivity index (χ3v) is 6.63. The zero-order valence-corrected chi connectivity index (χ0v) is 17.1. The van der Waals surface area contributed by atoms with E-state index in [1.54, 1.807) is 12.4 Å². The van der Waals surface area contributed by atoms with E-state index in [1.165, 1.54) is 29.9 Å². The summed E-state index contributed by atoms with van der Waals surface area (Å²) in [5, 5.41) is 5.92. The zero-order chi connectivity index (χ0) is 20.1. The standard InChI is InChI=1S/C23H24FN3OS/c24-19-8-6-18(7-9-19)23(10-2-1-3-11-23)16-26-21(28)13-20-15-29-22(27-20)17-5-4-12-25-14-17/h4-9,12,14-15H,1-3,10-11,13,16H2,(H,26,28). The van der Waals surface area contributed by atoms with Crippen LogP contribution in [0.3, 0.4) is 0 Å². The van der Waals surface area contributed by atoms with E-state index in [2.05, 4.69) is 15.3 Å². The van der Waals surface area contributed by atoms with Crippen LogP contribution in [0.15, 0.2) is 54.2 Å². The highest BCUT2D eigenvalue weighted by molar-refractivity contribution is 7.13. The van der Waals surface area contributed by atoms with E-state index in [0.717, 1.165) is 47.5 Å². The van der Waals surface area contributed by atoms with E-state index in [-0.39, 0.29) is 23.6 Å². The summed E-state index contributed by atoms with van der Waals surface area (Å²) >= 11 is 1.52. The van der Waals surface area contributed by atoms with Gasteiger partial charge in [-0.1, -0.05) is 31.4 Å². The molecule has 0 bridgehead atoms. The first-order valence-corrected chi connectivity index (χ1v) is 10.9. The molecule has 6 heteroatoms. The quantitative estimate of drug-likeness (QED) is 0.630. The number of thiazole rings is 1. The summed E-state index contributed by atoms with van der Waals surface area (Å²) < 4.78 is 13.4. The molecule has 150 valence electrons. The Morgan fingerprint density at radius 3 is 2.66 bits per heavy atom. The van der Waals surface area contributed by atoms with Gasteiger partial charge in [0.1, 0.15) is 10.8 Å². The van der Waals surface area contributed by atoms with Gasteiger partial charge in [-0.25, -0.2) is 9.37 Å². The number of rotatable bonds is 6. The molecule has 1 saturated carbocycles. The Hall–Kier alpha value is -2.60. The van der Waals surface area contributed by atoms with Gasteiger partial charge in [-0.15, -0.1) is 11.3 Å². The first-order valence-electron chi connectivity index (χ1n) is 10.0. The highest BCUT2D eigenvalue weighted by Crippen LogP contribution is 2.39. The van der Waals surface area contributed by atoms with Crippen LogP contribution in [0.5, 0.6) is 0 Å². The van der Waals surface area contributed by atoms with Gasteiger partial charge < -0.3 is 5.32 Å². The normalized spacial score (nSPS) is 15.8. The van der Waals surface area contributed by atoms with E-state index < -0.39 is 0 Å². The molecule has 0 aliphatic heterocycles. The molecule has 4 nitrogen and oxygen atoms in total. The van der Waals surface area contributed by atoms with Crippen LogP contribution in [0.1, 0.15) is 43.4 Å². The summed E-state index contributed by atoms with van der Waals surface area (Å²) in [7, 11) is 0. The predicted octanol–water partition coefficient (Wildman–Crippen LogP) is 4.91. The van der Waals surface area contributed by atoms with Gasteiger partial charge >= 0.3 is 0 Å². The monoisotopic (exact) mass is 409 g/mol. The molecular formula is C23H24FN3OS. The number of benzene rings is 1. The van der Waals surface area contributed by atoms with Gasteiger partial charge in [-0.3, -0.25) is 9.78 Å². The molecular weight excluding hydrogens is 385 g/mol. The van der Waals surface area contributed by atoms with Crippen molar-refractivity contribution in [1.29, 1.82) is 0 Å². The number of nitrogens with one attached hydrogen (secondary N) is 1. The summed E-state index contributed by atoms with van der Waals surface area (Å²) in [6.07, 6.45) is 9.28. The van der Waals surface area contributed by atoms with Crippen molar-refractivity contribution in [2.75, 3.05) is 6.54 Å². The summed E-state index contributed by atoms with van der Waals surface area (Å²) in [4.78, 5) is 21.3. The Labute approximate surface area is 174 Å². The maximum absolute atomic E-state index is 13.4. The average molecular weight is 410 g/mol. The maximum Gasteiger partial charge on any atom is 0.226 e. The fourth-order valence-corrected chi connectivity index (χ4v) is 4.91. The Morgan fingerprint density at radius 1 is 1.14 bits per heavy atom. The molecule has 1 fully saturated rings. The summed E-state index contributed by atoms with van der Waals surface area (Å²) in [6.45, 7) is 0.580. The molecule has 1 amide bonds. The van der Waals surface area contributed by atoms with Crippen LogP contribution in [0.25, 0.3) is 10.6 Å². The molecule has 1 aromatic carbocycles. The smallest absolute Gasteiger partial charge is 0.226 e. The van der Waals surface area contributed by atoms with Crippen molar-refractivity contribution < 1.29 is 9.18 Å². The van der Waals surface area contributed by atoms with Crippen molar-refractivity contribution in [3.05, 3.63) is 71.2 Å². The second-order valence-electron chi connectivity index (χ2n) is 7.69. The Morgan fingerprint density at radius 2 is 1.93 bits per heavy atom. The van der Waals surface area contributed by atoms with Crippen molar-refractivity contribution in [1.82, 2.24) is 15.3 Å². The summed E-state index contributed by atoms with van der Waals surface area (Å²) in [5.41, 5.74) is 2.74. The predicted molar refractivity (Wildman–Crippen MR) is 113 cm³/mol. The fraction of sp³-hybridized carbons (Fsp3) is 0.348. The first kappa shape index (κ1) is 19.7. The number of nitrogens with zero attached hydrogens (tertiary/aromatic N) is 2. The van der Waals surface area contributed by atoms with Gasteiger partial charge in [0, 0.05) is 35.3 Å². The molecule has 0 saturated heterocycles. The highest BCUT2D eigenvalue weighted by Gasteiger charge is 2.34. The lowest BCUT2D eigenvalue weighted by molar-refractivity contribution is -0.120. The number of hydrogen-bond donors (Lipinski definition) is 1. The Bertz CT molecular complexity index is 950. The lowest BCUT2D eigenvalue weighted by Gasteiger charge is -2.38. The van der Waals surface area contributed by atoms with Gasteiger partial charge in [0.15, 0.2) is 0 Å². The van der Waals surface area contributed by atoms with E-state index in [4.69, 9.17) is 0 Å². The van der Waals surface area contributed by atoms with Crippen molar-refractivity contribution in [2.24, 2.45) is 0 Å². The van der Waals surface area contributed by atoms with Crippen LogP contribution in [0.4, 0.5) is 4.39 Å². The minimum atomic E-state index is -0.225. The SMILES string of the molecule is O=C(Cc1csc(-c2cccnc2)n1)NCC1(c2ccc(F)cc2)CCCCC1. The molecule has 3 aromatic rings. The number of hydrogen-bond acceptors (Lipinski definition) is 4. The molecule has 1 aliphatic rings. The molecule has 4 rings (SSSR count). The van der Waals surface area contributed by atoms with Crippen molar-refractivity contribution >= 4 is 17.2 Å². The molecule has 2 aromatic heterocycles. The van der Waals surface area contributed by atoms with Crippen LogP contribution in [-0.4, -0.2) is 22.4 Å². The Balaban J connectivity index is 1.41. The molecule has 0 unspecified atom stereocenters. The Kier molecular flexibility index (Phi) is 6.00. The van der Waals surface area contributed by atoms with E-state index in [0.29, 0.717) is 6.54 Å². The molecule has 1 aliphatic carbocycles. The number of halogens is 1. The summed E-state index contributed by atoms with van der Waals surface area (Å²) in [6, 6.07) is 10.6. The topological polar surface area (TPSA) is 54.9 Å². The van der Waals surface area contributed by atoms with Gasteiger partial charge in [0.25, 0.3) is 0 Å². The number of carbonyl (C=O) groups excluding carboxylic acids is 1. The molecule has 0 spiro atoms. The van der Waals surface area contributed by atoms with Gasteiger partial charge in [-0.05, 0) is 42.7 Å². The number of pyridine rings is 1. The van der Waals surface area contributed by atoms with E-state index in [9.17, 15) is 9.18 Å².